The number of aliphatic hydroxyl groups excluding tert-OH is 4. The van der Waals surface area contributed by atoms with E-state index in [2.05, 4.69) is 5.32 Å². The molecular weight excluding hydrogens is 230 g/mol. The summed E-state index contributed by atoms with van der Waals surface area (Å²) < 4.78 is 0. The van der Waals surface area contributed by atoms with Crippen molar-refractivity contribution in [3.05, 3.63) is 0 Å². The Morgan fingerprint density at radius 1 is 1.29 bits per heavy atom. The van der Waals surface area contributed by atoms with Crippen molar-refractivity contribution in [2.75, 3.05) is 13.2 Å². The van der Waals surface area contributed by atoms with Gasteiger partial charge < -0.3 is 30.5 Å². The standard InChI is InChI=1S/C10H19NO6/c1-2-9(16)11-3-7(14)6(4-12)10(17)8(15)5-13/h4,6-8,10,13-15,17H,2-3,5H2,1H3,(H,11,16). The minimum Gasteiger partial charge on any atom is -0.394 e. The summed E-state index contributed by atoms with van der Waals surface area (Å²) in [5.74, 6) is -1.57. The van der Waals surface area contributed by atoms with Crippen molar-refractivity contribution >= 4 is 12.2 Å². The van der Waals surface area contributed by atoms with E-state index < -0.39 is 30.8 Å². The number of amides is 1. The number of nitrogens with one attached hydrogen (secondary N) is 1. The molecule has 0 spiro atoms. The first-order chi connectivity index (χ1) is 7.97. The van der Waals surface area contributed by atoms with Gasteiger partial charge in [-0.3, -0.25) is 4.79 Å². The van der Waals surface area contributed by atoms with Crippen molar-refractivity contribution in [2.24, 2.45) is 5.92 Å². The number of carbonyl (C=O) groups is 2. The monoisotopic (exact) mass is 249 g/mol. The number of carbonyl (C=O) groups excluding carboxylic acids is 2. The van der Waals surface area contributed by atoms with Crippen LogP contribution >= 0.6 is 0 Å². The highest BCUT2D eigenvalue weighted by Crippen LogP contribution is 2.10. The molecule has 0 heterocycles. The quantitative estimate of drug-likeness (QED) is 0.300. The maximum absolute atomic E-state index is 10.9. The molecule has 7 heteroatoms. The van der Waals surface area contributed by atoms with E-state index in [0.29, 0.717) is 0 Å². The molecule has 0 radical (unpaired) electrons. The average molecular weight is 249 g/mol. The smallest absolute Gasteiger partial charge is 0.219 e. The molecule has 7 nitrogen and oxygen atoms in total. The summed E-state index contributed by atoms with van der Waals surface area (Å²) in [5, 5.41) is 39.1. The van der Waals surface area contributed by atoms with Crippen molar-refractivity contribution in [3.63, 3.8) is 0 Å². The normalized spacial score (nSPS) is 17.9. The number of aliphatic hydroxyl groups is 4. The number of aldehydes is 1. The first kappa shape index (κ1) is 16.0. The first-order valence-corrected chi connectivity index (χ1v) is 5.34. The van der Waals surface area contributed by atoms with Crippen LogP contribution in [0.15, 0.2) is 0 Å². The third kappa shape index (κ3) is 5.22. The lowest BCUT2D eigenvalue weighted by molar-refractivity contribution is -0.129. The molecule has 0 rings (SSSR count). The van der Waals surface area contributed by atoms with Gasteiger partial charge in [0.25, 0.3) is 0 Å². The average Bonchev–Trinajstić information content (AvgIpc) is 2.35. The second-order valence-electron chi connectivity index (χ2n) is 3.68. The van der Waals surface area contributed by atoms with Crippen molar-refractivity contribution in [1.82, 2.24) is 5.32 Å². The molecule has 17 heavy (non-hydrogen) atoms. The van der Waals surface area contributed by atoms with Gasteiger partial charge in [-0.15, -0.1) is 0 Å². The molecular formula is C10H19NO6. The molecule has 0 aromatic heterocycles. The fourth-order valence-corrected chi connectivity index (χ4v) is 1.24. The van der Waals surface area contributed by atoms with Crippen LogP contribution < -0.4 is 5.32 Å². The first-order valence-electron chi connectivity index (χ1n) is 5.34. The molecule has 0 fully saturated rings. The summed E-state index contributed by atoms with van der Waals surface area (Å²) in [7, 11) is 0. The van der Waals surface area contributed by atoms with Gasteiger partial charge in [-0.2, -0.15) is 0 Å². The molecule has 0 aromatic rings. The number of rotatable bonds is 8. The van der Waals surface area contributed by atoms with Crippen LogP contribution in [-0.4, -0.2) is 64.1 Å². The maximum atomic E-state index is 10.9. The molecule has 1 amide bonds. The van der Waals surface area contributed by atoms with E-state index in [1.807, 2.05) is 0 Å². The van der Waals surface area contributed by atoms with Gasteiger partial charge in [-0.05, 0) is 0 Å². The summed E-state index contributed by atoms with van der Waals surface area (Å²) in [4.78, 5) is 21.6. The van der Waals surface area contributed by atoms with E-state index in [1.165, 1.54) is 0 Å². The Morgan fingerprint density at radius 2 is 1.88 bits per heavy atom. The second-order valence-corrected chi connectivity index (χ2v) is 3.68. The molecule has 0 aliphatic rings. The minimum atomic E-state index is -1.58. The summed E-state index contributed by atoms with van der Waals surface area (Å²) in [5.41, 5.74) is 0. The third-order valence-corrected chi connectivity index (χ3v) is 2.41. The second kappa shape index (κ2) is 8.13. The molecule has 4 atom stereocenters. The summed E-state index contributed by atoms with van der Waals surface area (Å²) >= 11 is 0. The van der Waals surface area contributed by atoms with Crippen LogP contribution in [0.1, 0.15) is 13.3 Å². The molecule has 0 saturated heterocycles. The van der Waals surface area contributed by atoms with E-state index >= 15 is 0 Å². The Morgan fingerprint density at radius 3 is 2.29 bits per heavy atom. The number of hydrogen-bond acceptors (Lipinski definition) is 6. The molecule has 0 aromatic carbocycles. The van der Waals surface area contributed by atoms with Crippen LogP contribution in [0.3, 0.4) is 0 Å². The van der Waals surface area contributed by atoms with Gasteiger partial charge in [0, 0.05) is 13.0 Å². The fraction of sp³-hybridized carbons (Fsp3) is 0.800. The minimum absolute atomic E-state index is 0.203. The van der Waals surface area contributed by atoms with Crippen molar-refractivity contribution in [1.29, 1.82) is 0 Å². The van der Waals surface area contributed by atoms with Crippen LogP contribution in [-0.2, 0) is 9.59 Å². The Bertz CT molecular complexity index is 247. The lowest BCUT2D eigenvalue weighted by Gasteiger charge is -2.25. The van der Waals surface area contributed by atoms with Gasteiger partial charge in [0.05, 0.1) is 24.7 Å². The largest absolute Gasteiger partial charge is 0.394 e. The molecule has 100 valence electrons. The summed E-state index contributed by atoms with van der Waals surface area (Å²) in [6, 6.07) is 0. The molecule has 0 saturated carbocycles. The Balaban J connectivity index is 4.34. The predicted octanol–water partition coefficient (Wildman–Crippen LogP) is -2.60. The van der Waals surface area contributed by atoms with Gasteiger partial charge in [0.1, 0.15) is 12.4 Å². The van der Waals surface area contributed by atoms with Crippen LogP contribution in [0.25, 0.3) is 0 Å². The molecule has 5 N–H and O–H groups in total. The van der Waals surface area contributed by atoms with Gasteiger partial charge in [0.15, 0.2) is 0 Å². The Labute approximate surface area is 99.1 Å². The SMILES string of the molecule is CCC(=O)NCC(O)C(C=O)C(O)C(O)CO. The lowest BCUT2D eigenvalue weighted by Crippen LogP contribution is -2.46. The van der Waals surface area contributed by atoms with Crippen LogP contribution in [0.4, 0.5) is 0 Å². The van der Waals surface area contributed by atoms with Crippen molar-refractivity contribution < 1.29 is 30.0 Å². The van der Waals surface area contributed by atoms with Crippen LogP contribution in [0.2, 0.25) is 0 Å². The Hall–Kier alpha value is -1.02. The maximum Gasteiger partial charge on any atom is 0.219 e. The molecule has 0 aliphatic heterocycles. The van der Waals surface area contributed by atoms with E-state index in [-0.39, 0.29) is 25.2 Å². The van der Waals surface area contributed by atoms with E-state index in [9.17, 15) is 19.8 Å². The van der Waals surface area contributed by atoms with Crippen LogP contribution in [0.5, 0.6) is 0 Å². The zero-order chi connectivity index (χ0) is 13.4. The highest BCUT2D eigenvalue weighted by Gasteiger charge is 2.31. The van der Waals surface area contributed by atoms with E-state index in [1.54, 1.807) is 6.92 Å². The van der Waals surface area contributed by atoms with Gasteiger partial charge in [0.2, 0.25) is 5.91 Å². The predicted molar refractivity (Wildman–Crippen MR) is 58.0 cm³/mol. The number of hydrogen-bond donors (Lipinski definition) is 5. The highest BCUT2D eigenvalue weighted by molar-refractivity contribution is 5.75. The van der Waals surface area contributed by atoms with E-state index in [4.69, 9.17) is 10.2 Å². The van der Waals surface area contributed by atoms with Gasteiger partial charge in [-0.25, -0.2) is 0 Å². The molecule has 0 aliphatic carbocycles. The summed E-state index contributed by atoms with van der Waals surface area (Å²) in [6.45, 7) is 0.702. The van der Waals surface area contributed by atoms with E-state index in [0.717, 1.165) is 0 Å². The van der Waals surface area contributed by atoms with Gasteiger partial charge in [-0.1, -0.05) is 6.92 Å². The summed E-state index contributed by atoms with van der Waals surface area (Å²) in [6.07, 6.45) is -3.89. The van der Waals surface area contributed by atoms with Crippen molar-refractivity contribution in [3.8, 4) is 0 Å². The van der Waals surface area contributed by atoms with Crippen molar-refractivity contribution in [2.45, 2.75) is 31.7 Å². The van der Waals surface area contributed by atoms with Crippen LogP contribution in [0, 0.1) is 5.92 Å². The van der Waals surface area contributed by atoms with Gasteiger partial charge >= 0.3 is 0 Å². The molecule has 4 unspecified atom stereocenters. The fourth-order valence-electron chi connectivity index (χ4n) is 1.24. The Kier molecular flexibility index (Phi) is 7.64. The lowest BCUT2D eigenvalue weighted by atomic mass is 9.93. The highest BCUT2D eigenvalue weighted by atomic mass is 16.4. The zero-order valence-corrected chi connectivity index (χ0v) is 9.61. The third-order valence-electron chi connectivity index (χ3n) is 2.41. The zero-order valence-electron chi connectivity index (χ0n) is 9.61. The topological polar surface area (TPSA) is 127 Å². The molecule has 0 bridgehead atoms.